The van der Waals surface area contributed by atoms with Crippen molar-refractivity contribution < 1.29 is 14.3 Å². The molecule has 3 heterocycles. The standard InChI is InChI=1S/C22H21N3O3/c26-22(16-4-7-18(8-5-16)25-12-2-10-23-25)24-11-1-3-19(24)17-6-9-20-21(15-17)28-14-13-27-20/h2,4-10,12,15,19H,1,3,11,13-14H2/t19-/m0/s1. The van der Waals surface area contributed by atoms with E-state index in [1.165, 1.54) is 0 Å². The van der Waals surface area contributed by atoms with Gasteiger partial charge in [0.25, 0.3) is 5.91 Å². The monoisotopic (exact) mass is 375 g/mol. The summed E-state index contributed by atoms with van der Waals surface area (Å²) in [7, 11) is 0. The van der Waals surface area contributed by atoms with E-state index < -0.39 is 0 Å². The molecule has 0 unspecified atom stereocenters. The van der Waals surface area contributed by atoms with E-state index in [-0.39, 0.29) is 11.9 Å². The van der Waals surface area contributed by atoms with E-state index >= 15 is 0 Å². The zero-order chi connectivity index (χ0) is 18.9. The zero-order valence-corrected chi connectivity index (χ0v) is 15.5. The van der Waals surface area contributed by atoms with Crippen molar-refractivity contribution in [1.29, 1.82) is 0 Å². The highest BCUT2D eigenvalue weighted by Crippen LogP contribution is 2.38. The highest BCUT2D eigenvalue weighted by atomic mass is 16.6. The van der Waals surface area contributed by atoms with E-state index in [9.17, 15) is 4.79 Å². The lowest BCUT2D eigenvalue weighted by molar-refractivity contribution is 0.0735. The summed E-state index contributed by atoms with van der Waals surface area (Å²) < 4.78 is 13.1. The summed E-state index contributed by atoms with van der Waals surface area (Å²) in [4.78, 5) is 15.1. The highest BCUT2D eigenvalue weighted by molar-refractivity contribution is 5.94. The van der Waals surface area contributed by atoms with Crippen LogP contribution >= 0.6 is 0 Å². The number of hydrogen-bond donors (Lipinski definition) is 0. The second-order valence-corrected chi connectivity index (χ2v) is 7.06. The summed E-state index contributed by atoms with van der Waals surface area (Å²) >= 11 is 0. The van der Waals surface area contributed by atoms with Crippen LogP contribution in [0, 0.1) is 0 Å². The van der Waals surface area contributed by atoms with Gasteiger partial charge < -0.3 is 14.4 Å². The fourth-order valence-corrected chi connectivity index (χ4v) is 3.97. The van der Waals surface area contributed by atoms with Crippen molar-refractivity contribution in [3.05, 3.63) is 72.1 Å². The maximum atomic E-state index is 13.2. The van der Waals surface area contributed by atoms with Crippen LogP contribution in [-0.4, -0.2) is 40.3 Å². The molecule has 142 valence electrons. The Balaban J connectivity index is 1.38. The fraction of sp³-hybridized carbons (Fsp3) is 0.273. The van der Waals surface area contributed by atoms with Gasteiger partial charge in [-0.1, -0.05) is 6.07 Å². The summed E-state index contributed by atoms with van der Waals surface area (Å²) in [5.41, 5.74) is 2.73. The van der Waals surface area contributed by atoms with Gasteiger partial charge in [-0.2, -0.15) is 5.10 Å². The van der Waals surface area contributed by atoms with Crippen LogP contribution < -0.4 is 9.47 Å². The molecule has 0 aliphatic carbocycles. The van der Waals surface area contributed by atoms with E-state index in [1.807, 2.05) is 59.6 Å². The average molecular weight is 375 g/mol. The molecule has 0 spiro atoms. The number of ether oxygens (including phenoxy) is 2. The van der Waals surface area contributed by atoms with E-state index in [0.717, 1.165) is 42.1 Å². The van der Waals surface area contributed by atoms with Crippen LogP contribution in [0.4, 0.5) is 0 Å². The fourth-order valence-electron chi connectivity index (χ4n) is 3.97. The van der Waals surface area contributed by atoms with Crippen molar-refractivity contribution in [3.8, 4) is 17.2 Å². The van der Waals surface area contributed by atoms with E-state index in [1.54, 1.807) is 10.9 Å². The number of fused-ring (bicyclic) bond motifs is 1. The first-order chi connectivity index (χ1) is 13.8. The lowest BCUT2D eigenvalue weighted by atomic mass is 10.0. The summed E-state index contributed by atoms with van der Waals surface area (Å²) in [5.74, 6) is 1.61. The van der Waals surface area contributed by atoms with Gasteiger partial charge in [-0.25, -0.2) is 4.68 Å². The van der Waals surface area contributed by atoms with Crippen LogP contribution in [-0.2, 0) is 0 Å². The van der Waals surface area contributed by atoms with Crippen LogP contribution in [0.15, 0.2) is 60.9 Å². The maximum absolute atomic E-state index is 13.2. The largest absolute Gasteiger partial charge is 0.486 e. The molecule has 1 aromatic heterocycles. The molecular formula is C22H21N3O3. The van der Waals surface area contributed by atoms with Gasteiger partial charge >= 0.3 is 0 Å². The third-order valence-electron chi connectivity index (χ3n) is 5.35. The summed E-state index contributed by atoms with van der Waals surface area (Å²) in [5, 5.41) is 4.22. The van der Waals surface area contributed by atoms with Gasteiger partial charge in [-0.15, -0.1) is 0 Å². The number of hydrogen-bond acceptors (Lipinski definition) is 4. The topological polar surface area (TPSA) is 56.6 Å². The summed E-state index contributed by atoms with van der Waals surface area (Å²) in [6.07, 6.45) is 5.57. The van der Waals surface area contributed by atoms with Gasteiger partial charge in [0.2, 0.25) is 0 Å². The Bertz CT molecular complexity index is 983. The average Bonchev–Trinajstić information content (AvgIpc) is 3.45. The number of aromatic nitrogens is 2. The van der Waals surface area contributed by atoms with Crippen LogP contribution in [0.3, 0.4) is 0 Å². The third-order valence-corrected chi connectivity index (χ3v) is 5.35. The first-order valence-corrected chi connectivity index (χ1v) is 9.60. The smallest absolute Gasteiger partial charge is 0.254 e. The number of carbonyl (C=O) groups is 1. The SMILES string of the molecule is O=C(c1ccc(-n2cccn2)cc1)N1CCC[C@H]1c1ccc2c(c1)OCCO2. The number of nitrogens with zero attached hydrogens (tertiary/aromatic N) is 3. The molecule has 0 saturated carbocycles. The molecule has 6 heteroatoms. The minimum absolute atomic E-state index is 0.0596. The molecule has 1 atom stereocenters. The number of benzene rings is 2. The molecule has 2 aliphatic rings. The van der Waals surface area contributed by atoms with Crippen molar-refractivity contribution in [3.63, 3.8) is 0 Å². The van der Waals surface area contributed by atoms with E-state index in [2.05, 4.69) is 5.10 Å². The van der Waals surface area contributed by atoms with Gasteiger partial charge in [0, 0.05) is 24.5 Å². The molecule has 0 radical (unpaired) electrons. The van der Waals surface area contributed by atoms with Gasteiger partial charge in [0.15, 0.2) is 11.5 Å². The molecule has 0 N–H and O–H groups in total. The molecule has 0 bridgehead atoms. The van der Waals surface area contributed by atoms with Crippen LogP contribution in [0.5, 0.6) is 11.5 Å². The molecule has 1 fully saturated rings. The Labute approximate surface area is 163 Å². The molecule has 3 aromatic rings. The quantitative estimate of drug-likeness (QED) is 0.702. The molecule has 2 aliphatic heterocycles. The first kappa shape index (κ1) is 16.9. The summed E-state index contributed by atoms with van der Waals surface area (Å²) in [6.45, 7) is 1.90. The van der Waals surface area contributed by atoms with Crippen LogP contribution in [0.25, 0.3) is 5.69 Å². The Hall–Kier alpha value is -3.28. The van der Waals surface area contributed by atoms with E-state index in [0.29, 0.717) is 18.8 Å². The second kappa shape index (κ2) is 7.03. The molecule has 6 nitrogen and oxygen atoms in total. The minimum atomic E-state index is 0.0596. The van der Waals surface area contributed by atoms with E-state index in [4.69, 9.17) is 9.47 Å². The number of likely N-dealkylation sites (tertiary alicyclic amines) is 1. The molecule has 1 saturated heterocycles. The molecule has 5 rings (SSSR count). The van der Waals surface area contributed by atoms with Gasteiger partial charge in [-0.3, -0.25) is 4.79 Å². The summed E-state index contributed by atoms with van der Waals surface area (Å²) in [6, 6.07) is 15.6. The van der Waals surface area contributed by atoms with Gasteiger partial charge in [0.05, 0.1) is 11.7 Å². The zero-order valence-electron chi connectivity index (χ0n) is 15.5. The van der Waals surface area contributed by atoms with Crippen molar-refractivity contribution in [2.24, 2.45) is 0 Å². The van der Waals surface area contributed by atoms with Crippen molar-refractivity contribution in [2.75, 3.05) is 19.8 Å². The van der Waals surface area contributed by atoms with Crippen LogP contribution in [0.1, 0.15) is 34.8 Å². The van der Waals surface area contributed by atoms with Crippen molar-refractivity contribution >= 4 is 5.91 Å². The van der Waals surface area contributed by atoms with Crippen molar-refractivity contribution in [2.45, 2.75) is 18.9 Å². The maximum Gasteiger partial charge on any atom is 0.254 e. The molecular weight excluding hydrogens is 354 g/mol. The molecule has 2 aromatic carbocycles. The minimum Gasteiger partial charge on any atom is -0.486 e. The number of rotatable bonds is 3. The number of carbonyl (C=O) groups excluding carboxylic acids is 1. The lowest BCUT2D eigenvalue weighted by Crippen LogP contribution is -2.30. The molecule has 28 heavy (non-hydrogen) atoms. The Morgan fingerprint density at radius 2 is 1.86 bits per heavy atom. The van der Waals surface area contributed by atoms with Gasteiger partial charge in [0.1, 0.15) is 13.2 Å². The van der Waals surface area contributed by atoms with Crippen molar-refractivity contribution in [1.82, 2.24) is 14.7 Å². The predicted molar refractivity (Wildman–Crippen MR) is 104 cm³/mol. The molecule has 1 amide bonds. The third kappa shape index (κ3) is 3.01. The lowest BCUT2D eigenvalue weighted by Gasteiger charge is -2.27. The predicted octanol–water partition coefficient (Wildman–Crippen LogP) is 3.62. The normalized spacial score (nSPS) is 18.3. The Morgan fingerprint density at radius 3 is 2.64 bits per heavy atom. The highest BCUT2D eigenvalue weighted by Gasteiger charge is 2.31. The Morgan fingerprint density at radius 1 is 1.04 bits per heavy atom. The van der Waals surface area contributed by atoms with Crippen LogP contribution in [0.2, 0.25) is 0 Å². The number of amides is 1. The first-order valence-electron chi connectivity index (χ1n) is 9.60. The van der Waals surface area contributed by atoms with Gasteiger partial charge in [-0.05, 0) is 60.9 Å². The Kier molecular flexibility index (Phi) is 4.24. The second-order valence-electron chi connectivity index (χ2n) is 7.06.